The second-order valence-electron chi connectivity index (χ2n) is 7.71. The number of ether oxygens (including phenoxy) is 2. The van der Waals surface area contributed by atoms with Crippen LogP contribution in [0.1, 0.15) is 5.56 Å². The molecule has 0 aliphatic carbocycles. The van der Waals surface area contributed by atoms with Crippen molar-refractivity contribution in [3.63, 3.8) is 0 Å². The van der Waals surface area contributed by atoms with Gasteiger partial charge in [-0.25, -0.2) is 9.97 Å². The summed E-state index contributed by atoms with van der Waals surface area (Å²) in [6.07, 6.45) is 1.81. The molecule has 0 amide bonds. The zero-order chi connectivity index (χ0) is 21.8. The molecule has 1 fully saturated rings. The highest BCUT2D eigenvalue weighted by molar-refractivity contribution is 6.28. The van der Waals surface area contributed by atoms with Crippen LogP contribution in [0.5, 0.6) is 5.75 Å². The number of imidazole rings is 1. The first-order chi connectivity index (χ1) is 15.8. The Hall–Kier alpha value is -3.00. The van der Waals surface area contributed by atoms with Crippen molar-refractivity contribution in [3.8, 4) is 17.0 Å². The Bertz CT molecular complexity index is 1190. The number of fused-ring (bicyclic) bond motifs is 1. The largest absolute Gasteiger partial charge is 0.489 e. The van der Waals surface area contributed by atoms with E-state index < -0.39 is 0 Å². The average molecular weight is 450 g/mol. The van der Waals surface area contributed by atoms with E-state index >= 15 is 0 Å². The number of nitrogens with zero attached hydrogens (tertiary/aromatic N) is 5. The number of hydrogen-bond acceptors (Lipinski definition) is 6. The van der Waals surface area contributed by atoms with E-state index in [1.165, 1.54) is 0 Å². The van der Waals surface area contributed by atoms with Gasteiger partial charge in [0.15, 0.2) is 5.65 Å². The first kappa shape index (κ1) is 20.9. The van der Waals surface area contributed by atoms with Crippen molar-refractivity contribution >= 4 is 22.8 Å². The molecule has 7 nitrogen and oxygen atoms in total. The van der Waals surface area contributed by atoms with E-state index in [0.717, 1.165) is 67.4 Å². The molecule has 1 aliphatic rings. The molecule has 4 aromatic rings. The Morgan fingerprint density at radius 2 is 1.81 bits per heavy atom. The smallest absolute Gasteiger partial charge is 0.225 e. The maximum atomic E-state index is 6.31. The van der Waals surface area contributed by atoms with Crippen LogP contribution in [0.3, 0.4) is 0 Å². The average Bonchev–Trinajstić information content (AvgIpc) is 3.25. The van der Waals surface area contributed by atoms with E-state index in [-0.39, 0.29) is 5.28 Å². The number of rotatable bonds is 7. The Kier molecular flexibility index (Phi) is 6.29. The highest BCUT2D eigenvalue weighted by Crippen LogP contribution is 2.29. The Morgan fingerprint density at radius 1 is 0.969 bits per heavy atom. The van der Waals surface area contributed by atoms with Crippen LogP contribution in [-0.4, -0.2) is 57.3 Å². The van der Waals surface area contributed by atoms with Crippen LogP contribution < -0.4 is 4.74 Å². The molecule has 32 heavy (non-hydrogen) atoms. The van der Waals surface area contributed by atoms with E-state index in [9.17, 15) is 0 Å². The lowest BCUT2D eigenvalue weighted by Crippen LogP contribution is -2.38. The van der Waals surface area contributed by atoms with Gasteiger partial charge < -0.3 is 14.0 Å². The molecule has 0 N–H and O–H groups in total. The van der Waals surface area contributed by atoms with Gasteiger partial charge in [0, 0.05) is 31.7 Å². The third kappa shape index (κ3) is 4.75. The quantitative estimate of drug-likeness (QED) is 0.396. The van der Waals surface area contributed by atoms with Crippen molar-refractivity contribution in [2.24, 2.45) is 0 Å². The second-order valence-corrected chi connectivity index (χ2v) is 8.05. The topological polar surface area (TPSA) is 65.3 Å². The fraction of sp³-hybridized carbons (Fsp3) is 0.292. The number of morpholine rings is 1. The number of hydrogen-bond donors (Lipinski definition) is 0. The van der Waals surface area contributed by atoms with Crippen LogP contribution in [0.15, 0.2) is 60.9 Å². The van der Waals surface area contributed by atoms with Crippen molar-refractivity contribution in [2.45, 2.75) is 13.2 Å². The lowest BCUT2D eigenvalue weighted by molar-refractivity contribution is 0.0365. The SMILES string of the molecule is Clc1nc(-c2cccc(OCc3ccccc3)c2)c2ncn(CCN3CCOCC3)c2n1. The lowest BCUT2D eigenvalue weighted by atomic mass is 10.1. The predicted molar refractivity (Wildman–Crippen MR) is 124 cm³/mol. The Balaban J connectivity index is 1.38. The molecule has 0 saturated carbocycles. The van der Waals surface area contributed by atoms with Crippen LogP contribution >= 0.6 is 11.6 Å². The minimum absolute atomic E-state index is 0.205. The first-order valence-electron chi connectivity index (χ1n) is 10.7. The highest BCUT2D eigenvalue weighted by atomic mass is 35.5. The third-order valence-corrected chi connectivity index (χ3v) is 5.72. The second kappa shape index (κ2) is 9.65. The van der Waals surface area contributed by atoms with Gasteiger partial charge in [-0.15, -0.1) is 0 Å². The molecule has 0 spiro atoms. The molecule has 3 heterocycles. The highest BCUT2D eigenvalue weighted by Gasteiger charge is 2.16. The summed E-state index contributed by atoms with van der Waals surface area (Å²) in [7, 11) is 0. The lowest BCUT2D eigenvalue weighted by Gasteiger charge is -2.26. The number of halogens is 1. The maximum Gasteiger partial charge on any atom is 0.225 e. The van der Waals surface area contributed by atoms with Gasteiger partial charge in [-0.3, -0.25) is 4.90 Å². The van der Waals surface area contributed by atoms with Crippen molar-refractivity contribution in [1.82, 2.24) is 24.4 Å². The molecule has 0 bridgehead atoms. The molecular weight excluding hydrogens is 426 g/mol. The molecule has 2 aromatic carbocycles. The van der Waals surface area contributed by atoms with E-state index in [0.29, 0.717) is 12.3 Å². The van der Waals surface area contributed by atoms with Crippen molar-refractivity contribution in [3.05, 3.63) is 71.8 Å². The van der Waals surface area contributed by atoms with Crippen molar-refractivity contribution in [1.29, 1.82) is 0 Å². The number of benzene rings is 2. The molecule has 164 valence electrons. The summed E-state index contributed by atoms with van der Waals surface area (Å²) in [6.45, 7) is 5.66. The van der Waals surface area contributed by atoms with Crippen LogP contribution in [0.4, 0.5) is 0 Å². The minimum atomic E-state index is 0.205. The van der Waals surface area contributed by atoms with Gasteiger partial charge >= 0.3 is 0 Å². The molecule has 0 atom stereocenters. The van der Waals surface area contributed by atoms with Gasteiger partial charge in [0.2, 0.25) is 5.28 Å². The summed E-state index contributed by atoms with van der Waals surface area (Å²) in [6, 6.07) is 17.9. The molecule has 1 aliphatic heterocycles. The van der Waals surface area contributed by atoms with E-state index in [2.05, 4.69) is 19.9 Å². The predicted octanol–water partition coefficient (Wildman–Crippen LogP) is 4.06. The fourth-order valence-electron chi connectivity index (χ4n) is 3.83. The monoisotopic (exact) mass is 449 g/mol. The number of aromatic nitrogens is 4. The fourth-order valence-corrected chi connectivity index (χ4v) is 4.00. The molecule has 5 rings (SSSR count). The third-order valence-electron chi connectivity index (χ3n) is 5.55. The van der Waals surface area contributed by atoms with Gasteiger partial charge in [0.25, 0.3) is 0 Å². The zero-order valence-electron chi connectivity index (χ0n) is 17.7. The zero-order valence-corrected chi connectivity index (χ0v) is 18.4. The van der Waals surface area contributed by atoms with Crippen molar-refractivity contribution in [2.75, 3.05) is 32.8 Å². The molecule has 1 saturated heterocycles. The summed E-state index contributed by atoms with van der Waals surface area (Å²) in [5.74, 6) is 0.765. The van der Waals surface area contributed by atoms with Crippen LogP contribution in [0.25, 0.3) is 22.4 Å². The van der Waals surface area contributed by atoms with Crippen LogP contribution in [0, 0.1) is 0 Å². The summed E-state index contributed by atoms with van der Waals surface area (Å²) in [5, 5.41) is 0.205. The normalized spacial score (nSPS) is 14.7. The van der Waals surface area contributed by atoms with Crippen molar-refractivity contribution < 1.29 is 9.47 Å². The molecule has 0 radical (unpaired) electrons. The van der Waals surface area contributed by atoms with E-state index in [1.54, 1.807) is 0 Å². The van der Waals surface area contributed by atoms with E-state index in [1.807, 2.05) is 65.5 Å². The summed E-state index contributed by atoms with van der Waals surface area (Å²) in [4.78, 5) is 16.0. The van der Waals surface area contributed by atoms with Gasteiger partial charge in [-0.1, -0.05) is 42.5 Å². The summed E-state index contributed by atoms with van der Waals surface area (Å²) in [5.41, 5.74) is 4.18. The first-order valence-corrected chi connectivity index (χ1v) is 11.1. The molecular formula is C24H24ClN5O2. The molecule has 8 heteroatoms. The van der Waals surface area contributed by atoms with Gasteiger partial charge in [0.05, 0.1) is 19.5 Å². The van der Waals surface area contributed by atoms with E-state index in [4.69, 9.17) is 21.1 Å². The Labute approximate surface area is 191 Å². The van der Waals surface area contributed by atoms with Gasteiger partial charge in [-0.05, 0) is 29.3 Å². The maximum absolute atomic E-state index is 6.31. The summed E-state index contributed by atoms with van der Waals surface area (Å²) >= 11 is 6.31. The standard InChI is InChI=1S/C24H24ClN5O2/c25-24-27-21(19-7-4-8-20(15-19)32-16-18-5-2-1-3-6-18)22-23(28-24)30(17-26-22)10-9-29-11-13-31-14-12-29/h1-8,15,17H,9-14,16H2. The summed E-state index contributed by atoms with van der Waals surface area (Å²) < 4.78 is 13.5. The van der Waals surface area contributed by atoms with Crippen LogP contribution in [-0.2, 0) is 17.9 Å². The van der Waals surface area contributed by atoms with Gasteiger partial charge in [-0.2, -0.15) is 4.98 Å². The van der Waals surface area contributed by atoms with Gasteiger partial charge in [0.1, 0.15) is 23.6 Å². The molecule has 2 aromatic heterocycles. The Morgan fingerprint density at radius 3 is 2.66 bits per heavy atom. The minimum Gasteiger partial charge on any atom is -0.489 e. The van der Waals surface area contributed by atoms with Crippen LogP contribution in [0.2, 0.25) is 5.28 Å². The molecule has 0 unspecified atom stereocenters.